The molecule has 0 fully saturated rings. The number of hydrogen-bond acceptors (Lipinski definition) is 3. The molecule has 0 saturated heterocycles. The zero-order valence-corrected chi connectivity index (χ0v) is 12.0. The molecule has 1 amide bonds. The summed E-state index contributed by atoms with van der Waals surface area (Å²) in [5, 5.41) is 11.9. The number of carboxylic acid groups (broad SMARTS) is 1. The van der Waals surface area contributed by atoms with Crippen LogP contribution in [0.15, 0.2) is 24.3 Å². The van der Waals surface area contributed by atoms with Gasteiger partial charge in [-0.05, 0) is 30.9 Å². The molecule has 0 heterocycles. The molecular formula is C15H22N2O3. The number of aromatic carboxylic acids is 1. The lowest BCUT2D eigenvalue weighted by atomic mass is 9.93. The summed E-state index contributed by atoms with van der Waals surface area (Å²) < 4.78 is 0. The fourth-order valence-electron chi connectivity index (χ4n) is 2.00. The Morgan fingerprint density at radius 3 is 2.40 bits per heavy atom. The van der Waals surface area contributed by atoms with Crippen LogP contribution in [-0.4, -0.2) is 29.1 Å². The molecule has 0 saturated carbocycles. The van der Waals surface area contributed by atoms with Crippen molar-refractivity contribution in [1.82, 2.24) is 5.32 Å². The van der Waals surface area contributed by atoms with E-state index < -0.39 is 11.5 Å². The largest absolute Gasteiger partial charge is 0.478 e. The van der Waals surface area contributed by atoms with Crippen LogP contribution in [0.4, 0.5) is 0 Å². The van der Waals surface area contributed by atoms with Crippen LogP contribution in [0.5, 0.6) is 0 Å². The first kappa shape index (κ1) is 16.2. The summed E-state index contributed by atoms with van der Waals surface area (Å²) in [7, 11) is 0. The van der Waals surface area contributed by atoms with Gasteiger partial charge in [0.2, 0.25) is 5.91 Å². The summed E-state index contributed by atoms with van der Waals surface area (Å²) in [5.74, 6) is -1.14. The second-order valence-electron chi connectivity index (χ2n) is 4.83. The van der Waals surface area contributed by atoms with Crippen molar-refractivity contribution < 1.29 is 14.7 Å². The molecule has 0 atom stereocenters. The second-order valence-corrected chi connectivity index (χ2v) is 4.83. The van der Waals surface area contributed by atoms with Crippen LogP contribution in [0.1, 0.15) is 42.6 Å². The highest BCUT2D eigenvalue weighted by atomic mass is 16.4. The molecule has 0 radical (unpaired) electrons. The van der Waals surface area contributed by atoms with Gasteiger partial charge in [0.1, 0.15) is 0 Å². The van der Waals surface area contributed by atoms with Gasteiger partial charge < -0.3 is 16.2 Å². The molecule has 5 nitrogen and oxygen atoms in total. The third-order valence-corrected chi connectivity index (χ3v) is 3.64. The molecule has 0 aliphatic heterocycles. The van der Waals surface area contributed by atoms with Crippen LogP contribution in [-0.2, 0) is 11.2 Å². The number of hydrogen-bond donors (Lipinski definition) is 3. The van der Waals surface area contributed by atoms with E-state index in [0.717, 1.165) is 0 Å². The van der Waals surface area contributed by atoms with Gasteiger partial charge in [-0.1, -0.05) is 32.0 Å². The quantitative estimate of drug-likeness (QED) is 0.705. The average molecular weight is 278 g/mol. The zero-order valence-electron chi connectivity index (χ0n) is 12.0. The van der Waals surface area contributed by atoms with Gasteiger partial charge >= 0.3 is 5.97 Å². The van der Waals surface area contributed by atoms with Gasteiger partial charge in [-0.15, -0.1) is 0 Å². The predicted molar refractivity (Wildman–Crippen MR) is 77.6 cm³/mol. The number of carboxylic acids is 1. The lowest BCUT2D eigenvalue weighted by molar-refractivity contribution is -0.126. The Labute approximate surface area is 119 Å². The summed E-state index contributed by atoms with van der Waals surface area (Å²) in [6.07, 6.45) is 1.61. The van der Waals surface area contributed by atoms with Crippen LogP contribution >= 0.6 is 0 Å². The maximum Gasteiger partial charge on any atom is 0.335 e. The number of benzene rings is 1. The number of carbonyl (C=O) groups excluding carboxylic acids is 1. The van der Waals surface area contributed by atoms with Gasteiger partial charge in [0.05, 0.1) is 11.1 Å². The fraction of sp³-hybridized carbons (Fsp3) is 0.467. The number of nitrogens with two attached hydrogens (primary N) is 1. The molecule has 1 aromatic rings. The minimum atomic E-state index is -0.956. The van der Waals surface area contributed by atoms with Gasteiger partial charge in [0, 0.05) is 6.54 Å². The predicted octanol–water partition coefficient (Wildman–Crippen LogP) is 1.56. The van der Waals surface area contributed by atoms with Crippen molar-refractivity contribution in [2.24, 2.45) is 5.73 Å². The van der Waals surface area contributed by atoms with E-state index in [0.29, 0.717) is 31.4 Å². The molecule has 0 aliphatic rings. The molecule has 4 N–H and O–H groups in total. The molecule has 0 bridgehead atoms. The van der Waals surface area contributed by atoms with E-state index in [-0.39, 0.29) is 11.5 Å². The smallest absolute Gasteiger partial charge is 0.335 e. The first-order valence-corrected chi connectivity index (χ1v) is 6.83. The highest BCUT2D eigenvalue weighted by Gasteiger charge is 2.29. The van der Waals surface area contributed by atoms with Crippen LogP contribution in [0.25, 0.3) is 0 Å². The first-order chi connectivity index (χ1) is 9.44. The Morgan fingerprint density at radius 2 is 1.85 bits per heavy atom. The molecule has 0 aromatic heterocycles. The lowest BCUT2D eigenvalue weighted by Crippen LogP contribution is -2.53. The topological polar surface area (TPSA) is 92.4 Å². The minimum Gasteiger partial charge on any atom is -0.478 e. The van der Waals surface area contributed by atoms with Crippen molar-refractivity contribution in [3.8, 4) is 0 Å². The highest BCUT2D eigenvalue weighted by molar-refractivity contribution is 5.89. The van der Waals surface area contributed by atoms with Gasteiger partial charge in [-0.25, -0.2) is 4.79 Å². The SMILES string of the molecule is CCC(N)(CC)C(=O)NCCc1ccccc1C(=O)O. The summed E-state index contributed by atoms with van der Waals surface area (Å²) in [5.41, 5.74) is 6.13. The number of rotatable bonds is 7. The summed E-state index contributed by atoms with van der Waals surface area (Å²) >= 11 is 0. The van der Waals surface area contributed by atoms with E-state index in [4.69, 9.17) is 10.8 Å². The zero-order chi connectivity index (χ0) is 15.2. The molecule has 0 unspecified atom stereocenters. The minimum absolute atomic E-state index is 0.185. The van der Waals surface area contributed by atoms with E-state index in [1.807, 2.05) is 13.8 Å². The maximum atomic E-state index is 12.0. The molecule has 110 valence electrons. The Hall–Kier alpha value is -1.88. The van der Waals surface area contributed by atoms with Crippen LogP contribution in [0, 0.1) is 0 Å². The Bertz CT molecular complexity index is 482. The Morgan fingerprint density at radius 1 is 1.25 bits per heavy atom. The maximum absolute atomic E-state index is 12.0. The van der Waals surface area contributed by atoms with E-state index in [1.165, 1.54) is 0 Å². The van der Waals surface area contributed by atoms with Crippen molar-refractivity contribution in [1.29, 1.82) is 0 Å². The Balaban J connectivity index is 2.62. The molecule has 20 heavy (non-hydrogen) atoms. The third kappa shape index (κ3) is 3.81. The molecule has 5 heteroatoms. The molecule has 1 aromatic carbocycles. The molecular weight excluding hydrogens is 256 g/mol. The van der Waals surface area contributed by atoms with Crippen molar-refractivity contribution in [2.45, 2.75) is 38.6 Å². The summed E-state index contributed by atoms with van der Waals surface area (Å²) in [4.78, 5) is 23.0. The van der Waals surface area contributed by atoms with Crippen LogP contribution in [0.2, 0.25) is 0 Å². The van der Waals surface area contributed by atoms with Crippen LogP contribution in [0.3, 0.4) is 0 Å². The molecule has 0 spiro atoms. The Kier molecular flexibility index (Phi) is 5.70. The highest BCUT2D eigenvalue weighted by Crippen LogP contribution is 2.12. The van der Waals surface area contributed by atoms with Gasteiger partial charge in [0.25, 0.3) is 0 Å². The summed E-state index contributed by atoms with van der Waals surface area (Å²) in [6, 6.07) is 6.79. The van der Waals surface area contributed by atoms with E-state index in [9.17, 15) is 9.59 Å². The van der Waals surface area contributed by atoms with Gasteiger partial charge in [-0.2, -0.15) is 0 Å². The normalized spacial score (nSPS) is 11.2. The number of nitrogens with one attached hydrogen (secondary N) is 1. The van der Waals surface area contributed by atoms with Crippen molar-refractivity contribution >= 4 is 11.9 Å². The third-order valence-electron chi connectivity index (χ3n) is 3.64. The molecule has 1 rings (SSSR count). The number of amides is 1. The fourth-order valence-corrected chi connectivity index (χ4v) is 2.00. The monoisotopic (exact) mass is 278 g/mol. The number of carbonyl (C=O) groups is 2. The lowest BCUT2D eigenvalue weighted by Gasteiger charge is -2.25. The molecule has 0 aliphatic carbocycles. The van der Waals surface area contributed by atoms with Crippen LogP contribution < -0.4 is 11.1 Å². The second kappa shape index (κ2) is 7.05. The summed E-state index contributed by atoms with van der Waals surface area (Å²) in [6.45, 7) is 4.13. The van der Waals surface area contributed by atoms with E-state index in [1.54, 1.807) is 24.3 Å². The van der Waals surface area contributed by atoms with Crippen molar-refractivity contribution in [2.75, 3.05) is 6.54 Å². The van der Waals surface area contributed by atoms with E-state index >= 15 is 0 Å². The first-order valence-electron chi connectivity index (χ1n) is 6.83. The van der Waals surface area contributed by atoms with Crippen molar-refractivity contribution in [3.05, 3.63) is 35.4 Å². The van der Waals surface area contributed by atoms with E-state index in [2.05, 4.69) is 5.32 Å². The van der Waals surface area contributed by atoms with Crippen molar-refractivity contribution in [3.63, 3.8) is 0 Å². The average Bonchev–Trinajstić information content (AvgIpc) is 2.46. The van der Waals surface area contributed by atoms with Gasteiger partial charge in [0.15, 0.2) is 0 Å². The standard InChI is InChI=1S/C15H22N2O3/c1-3-15(16,4-2)14(20)17-10-9-11-7-5-6-8-12(11)13(18)19/h5-8H,3-4,9-10,16H2,1-2H3,(H,17,20)(H,18,19). The van der Waals surface area contributed by atoms with Gasteiger partial charge in [-0.3, -0.25) is 4.79 Å².